The van der Waals surface area contributed by atoms with Crippen LogP contribution in [0.4, 0.5) is 0 Å². The topological polar surface area (TPSA) is 78.9 Å². The van der Waals surface area contributed by atoms with Gasteiger partial charge in [-0.15, -0.1) is 11.3 Å². The van der Waals surface area contributed by atoms with Crippen LogP contribution in [0.1, 0.15) is 19.8 Å². The van der Waals surface area contributed by atoms with E-state index in [1.165, 1.54) is 11.3 Å². The van der Waals surface area contributed by atoms with Crippen LogP contribution in [0.15, 0.2) is 59.9 Å². The lowest BCUT2D eigenvalue weighted by molar-refractivity contribution is -0.147. The lowest BCUT2D eigenvalue weighted by Gasteiger charge is -2.12. The highest BCUT2D eigenvalue weighted by atomic mass is 32.1. The van der Waals surface area contributed by atoms with Crippen molar-refractivity contribution in [3.8, 4) is 5.75 Å². The third kappa shape index (κ3) is 5.24. The van der Waals surface area contributed by atoms with Crippen LogP contribution >= 0.6 is 11.3 Å². The molecule has 0 radical (unpaired) electrons. The number of benzene rings is 2. The summed E-state index contributed by atoms with van der Waals surface area (Å²) >= 11 is 1.45. The largest absolute Gasteiger partial charge is 0.480 e. The van der Waals surface area contributed by atoms with Gasteiger partial charge in [0, 0.05) is 21.5 Å². The number of carbonyl (C=O) groups is 2. The zero-order chi connectivity index (χ0) is 21.5. The quantitative estimate of drug-likeness (QED) is 0.220. The van der Waals surface area contributed by atoms with E-state index in [-0.39, 0.29) is 24.7 Å². The minimum atomic E-state index is -0.504. The molecule has 6 nitrogen and oxygen atoms in total. The van der Waals surface area contributed by atoms with E-state index in [1.807, 2.05) is 18.2 Å². The van der Waals surface area contributed by atoms with Gasteiger partial charge in [-0.05, 0) is 44.0 Å². The zero-order valence-corrected chi connectivity index (χ0v) is 17.4. The van der Waals surface area contributed by atoms with Gasteiger partial charge in [0.2, 0.25) is 0 Å². The van der Waals surface area contributed by atoms with Gasteiger partial charge >= 0.3 is 11.9 Å². The number of ether oxygens (including phenoxy) is 3. The standard InChI is InChI=1S/C23H22O6S/c1-3-20(24)29-15(2)8-7-13-27-21(25)14-28-18-11-6-10-17-22(26)16-9-4-5-12-19(16)30-23(17)18/h3-6,9-12,15H,1,7-8,13-14H2,2H3. The Bertz CT molecular complexity index is 1130. The molecule has 0 saturated heterocycles. The van der Waals surface area contributed by atoms with Crippen LogP contribution in [-0.2, 0) is 19.1 Å². The fourth-order valence-corrected chi connectivity index (χ4v) is 4.09. The number of fused-ring (bicyclic) bond motifs is 2. The second-order valence-electron chi connectivity index (χ2n) is 6.66. The summed E-state index contributed by atoms with van der Waals surface area (Å²) in [5.41, 5.74) is -0.0568. The van der Waals surface area contributed by atoms with E-state index in [9.17, 15) is 14.4 Å². The predicted molar refractivity (Wildman–Crippen MR) is 117 cm³/mol. The van der Waals surface area contributed by atoms with Crippen LogP contribution in [0.5, 0.6) is 5.75 Å². The molecule has 30 heavy (non-hydrogen) atoms. The molecule has 3 aromatic rings. The number of esters is 2. The second-order valence-corrected chi connectivity index (χ2v) is 7.72. The molecule has 0 aliphatic rings. The highest BCUT2D eigenvalue weighted by Gasteiger charge is 2.12. The highest BCUT2D eigenvalue weighted by Crippen LogP contribution is 2.31. The van der Waals surface area contributed by atoms with Crippen molar-refractivity contribution in [2.75, 3.05) is 13.2 Å². The number of hydrogen-bond acceptors (Lipinski definition) is 7. The molecular formula is C23H22O6S. The van der Waals surface area contributed by atoms with Gasteiger partial charge in [0.25, 0.3) is 0 Å². The second kappa shape index (κ2) is 10.0. The first-order valence-electron chi connectivity index (χ1n) is 9.55. The molecule has 0 aliphatic carbocycles. The maximum Gasteiger partial charge on any atom is 0.344 e. The summed E-state index contributed by atoms with van der Waals surface area (Å²) in [6, 6.07) is 12.6. The summed E-state index contributed by atoms with van der Waals surface area (Å²) in [6.45, 7) is 5.05. The third-order valence-electron chi connectivity index (χ3n) is 4.41. The molecule has 0 amide bonds. The monoisotopic (exact) mass is 426 g/mol. The Morgan fingerprint density at radius 1 is 1.13 bits per heavy atom. The van der Waals surface area contributed by atoms with Gasteiger partial charge in [-0.2, -0.15) is 0 Å². The molecule has 1 unspecified atom stereocenters. The summed E-state index contributed by atoms with van der Waals surface area (Å²) in [7, 11) is 0. The highest BCUT2D eigenvalue weighted by molar-refractivity contribution is 7.24. The minimum absolute atomic E-state index is 0.0568. The summed E-state index contributed by atoms with van der Waals surface area (Å²) in [5.74, 6) is -0.504. The third-order valence-corrected chi connectivity index (χ3v) is 5.62. The van der Waals surface area contributed by atoms with Crippen molar-refractivity contribution in [1.82, 2.24) is 0 Å². The Morgan fingerprint density at radius 3 is 2.70 bits per heavy atom. The van der Waals surface area contributed by atoms with Gasteiger partial charge in [-0.3, -0.25) is 4.79 Å². The summed E-state index contributed by atoms with van der Waals surface area (Å²) in [4.78, 5) is 35.8. The van der Waals surface area contributed by atoms with Crippen LogP contribution < -0.4 is 10.2 Å². The smallest absolute Gasteiger partial charge is 0.344 e. The van der Waals surface area contributed by atoms with Crippen molar-refractivity contribution in [3.63, 3.8) is 0 Å². The van der Waals surface area contributed by atoms with Crippen molar-refractivity contribution < 1.29 is 23.8 Å². The number of hydrogen-bond donors (Lipinski definition) is 0. The summed E-state index contributed by atoms with van der Waals surface area (Å²) in [5, 5.41) is 1.23. The lowest BCUT2D eigenvalue weighted by Crippen LogP contribution is -2.17. The normalized spacial score (nSPS) is 11.8. The lowest BCUT2D eigenvalue weighted by atomic mass is 10.2. The molecule has 1 heterocycles. The van der Waals surface area contributed by atoms with E-state index >= 15 is 0 Å². The molecule has 0 bridgehead atoms. The molecule has 7 heteroatoms. The van der Waals surface area contributed by atoms with E-state index in [0.29, 0.717) is 34.1 Å². The zero-order valence-electron chi connectivity index (χ0n) is 16.6. The molecule has 0 fully saturated rings. The van der Waals surface area contributed by atoms with E-state index in [2.05, 4.69) is 6.58 Å². The van der Waals surface area contributed by atoms with Crippen LogP contribution in [0.25, 0.3) is 20.2 Å². The molecule has 1 aromatic heterocycles. The maximum atomic E-state index is 12.7. The predicted octanol–water partition coefficient (Wildman–Crippen LogP) is 4.23. The van der Waals surface area contributed by atoms with Gasteiger partial charge < -0.3 is 14.2 Å². The summed E-state index contributed by atoms with van der Waals surface area (Å²) in [6.07, 6.45) is 1.96. The van der Waals surface area contributed by atoms with Gasteiger partial charge in [-0.25, -0.2) is 9.59 Å². The number of carbonyl (C=O) groups excluding carboxylic acids is 2. The van der Waals surface area contributed by atoms with Gasteiger partial charge in [0.15, 0.2) is 12.0 Å². The fraction of sp³-hybridized carbons (Fsp3) is 0.261. The Morgan fingerprint density at radius 2 is 1.90 bits per heavy atom. The van der Waals surface area contributed by atoms with Crippen LogP contribution in [-0.4, -0.2) is 31.3 Å². The van der Waals surface area contributed by atoms with E-state index in [1.54, 1.807) is 31.2 Å². The van der Waals surface area contributed by atoms with Crippen LogP contribution in [0.2, 0.25) is 0 Å². The van der Waals surface area contributed by atoms with Crippen molar-refractivity contribution >= 4 is 43.4 Å². The average molecular weight is 426 g/mol. The SMILES string of the molecule is C=CC(=O)OC(C)CCCOC(=O)COc1cccc2c(=O)c3ccccc3sc12. The Balaban J connectivity index is 1.57. The molecule has 0 N–H and O–H groups in total. The molecule has 3 rings (SSSR count). The molecule has 0 saturated carbocycles. The molecule has 2 aromatic carbocycles. The first kappa shape index (κ1) is 21.5. The summed E-state index contributed by atoms with van der Waals surface area (Å²) < 4.78 is 17.4. The Kier molecular flexibility index (Phi) is 7.19. The average Bonchev–Trinajstić information content (AvgIpc) is 2.75. The maximum absolute atomic E-state index is 12.7. The molecule has 0 spiro atoms. The minimum Gasteiger partial charge on any atom is -0.480 e. The Labute approximate surface area is 177 Å². The molecular weight excluding hydrogens is 404 g/mol. The molecule has 0 aliphatic heterocycles. The van der Waals surface area contributed by atoms with E-state index < -0.39 is 11.9 Å². The first-order valence-corrected chi connectivity index (χ1v) is 10.4. The molecule has 156 valence electrons. The van der Waals surface area contributed by atoms with Gasteiger partial charge in [0.05, 0.1) is 17.4 Å². The van der Waals surface area contributed by atoms with Crippen molar-refractivity contribution in [3.05, 3.63) is 65.3 Å². The van der Waals surface area contributed by atoms with E-state index in [0.717, 1.165) is 10.8 Å². The van der Waals surface area contributed by atoms with Gasteiger partial charge in [0.1, 0.15) is 5.75 Å². The van der Waals surface area contributed by atoms with Gasteiger partial charge in [-0.1, -0.05) is 24.8 Å². The van der Waals surface area contributed by atoms with Crippen LogP contribution in [0, 0.1) is 0 Å². The fourth-order valence-electron chi connectivity index (χ4n) is 2.95. The first-order chi connectivity index (χ1) is 14.5. The number of rotatable bonds is 9. The Hall–Kier alpha value is -3.19. The van der Waals surface area contributed by atoms with Crippen molar-refractivity contribution in [1.29, 1.82) is 0 Å². The van der Waals surface area contributed by atoms with E-state index in [4.69, 9.17) is 14.2 Å². The molecule has 1 atom stereocenters. The van der Waals surface area contributed by atoms with Crippen molar-refractivity contribution in [2.24, 2.45) is 0 Å². The van der Waals surface area contributed by atoms with Crippen LogP contribution in [0.3, 0.4) is 0 Å². The van der Waals surface area contributed by atoms with Crippen molar-refractivity contribution in [2.45, 2.75) is 25.9 Å².